The van der Waals surface area contributed by atoms with Crippen molar-refractivity contribution in [1.82, 2.24) is 10.2 Å². The first-order valence-corrected chi connectivity index (χ1v) is 13.2. The van der Waals surface area contributed by atoms with Gasteiger partial charge in [-0.1, -0.05) is 12.1 Å². The Kier molecular flexibility index (Phi) is 8.12. The van der Waals surface area contributed by atoms with Crippen LogP contribution in [0.3, 0.4) is 0 Å². The summed E-state index contributed by atoms with van der Waals surface area (Å²) in [6.45, 7) is 7.97. The Labute approximate surface area is 211 Å². The molecule has 1 N–H and O–H groups in total. The van der Waals surface area contributed by atoms with Crippen LogP contribution in [0.15, 0.2) is 42.5 Å². The van der Waals surface area contributed by atoms with Crippen molar-refractivity contribution in [3.63, 3.8) is 0 Å². The maximum absolute atomic E-state index is 13.6. The van der Waals surface area contributed by atoms with Crippen LogP contribution in [0.2, 0.25) is 0 Å². The Balaban J connectivity index is 1.94. The summed E-state index contributed by atoms with van der Waals surface area (Å²) in [6, 6.07) is 9.25. The largest absolute Gasteiger partial charge is 0.454 e. The Bertz CT molecular complexity index is 1210. The quantitative estimate of drug-likeness (QED) is 0.544. The van der Waals surface area contributed by atoms with Crippen molar-refractivity contribution >= 4 is 27.5 Å². The summed E-state index contributed by atoms with van der Waals surface area (Å²) in [7, 11) is -3.87. The first-order chi connectivity index (χ1) is 16.8. The van der Waals surface area contributed by atoms with Crippen molar-refractivity contribution in [1.29, 1.82) is 0 Å². The van der Waals surface area contributed by atoms with Crippen molar-refractivity contribution in [3.05, 3.63) is 53.8 Å². The Hall–Kier alpha value is -3.34. The van der Waals surface area contributed by atoms with Crippen LogP contribution in [0.25, 0.3) is 0 Å². The lowest BCUT2D eigenvalue weighted by molar-refractivity contribution is -0.140. The van der Waals surface area contributed by atoms with E-state index in [4.69, 9.17) is 9.47 Å². The number of fused-ring (bicyclic) bond motifs is 1. The Morgan fingerprint density at radius 3 is 2.33 bits per heavy atom. The van der Waals surface area contributed by atoms with E-state index in [1.165, 1.54) is 48.2 Å². The number of anilines is 1. The van der Waals surface area contributed by atoms with Crippen LogP contribution in [0.5, 0.6) is 11.5 Å². The van der Waals surface area contributed by atoms with Gasteiger partial charge in [0.25, 0.3) is 0 Å². The van der Waals surface area contributed by atoms with Crippen molar-refractivity contribution in [2.75, 3.05) is 23.4 Å². The summed E-state index contributed by atoms with van der Waals surface area (Å²) < 4.78 is 51.1. The fourth-order valence-corrected chi connectivity index (χ4v) is 4.66. The molecule has 36 heavy (non-hydrogen) atoms. The number of ether oxygens (including phenoxy) is 2. The fraction of sp³-hybridized carbons (Fsp3) is 0.440. The van der Waals surface area contributed by atoms with E-state index in [2.05, 4.69) is 5.32 Å². The molecular weight excluding hydrogens is 489 g/mol. The third kappa shape index (κ3) is 6.66. The summed E-state index contributed by atoms with van der Waals surface area (Å²) in [5.41, 5.74) is 0.288. The molecule has 0 aliphatic carbocycles. The highest BCUT2D eigenvalue weighted by atomic mass is 32.2. The van der Waals surface area contributed by atoms with Gasteiger partial charge < -0.3 is 19.7 Å². The molecule has 11 heteroatoms. The number of nitrogens with one attached hydrogen (secondary N) is 1. The fourth-order valence-electron chi connectivity index (χ4n) is 3.60. The van der Waals surface area contributed by atoms with Gasteiger partial charge in [-0.3, -0.25) is 13.9 Å². The molecule has 2 amide bonds. The zero-order valence-electron chi connectivity index (χ0n) is 21.1. The second-order valence-electron chi connectivity index (χ2n) is 9.51. The molecule has 196 valence electrons. The third-order valence-corrected chi connectivity index (χ3v) is 7.30. The highest BCUT2D eigenvalue weighted by molar-refractivity contribution is 7.92. The zero-order chi connectivity index (χ0) is 26.7. The van der Waals surface area contributed by atoms with Gasteiger partial charge in [-0.2, -0.15) is 0 Å². The van der Waals surface area contributed by atoms with E-state index in [9.17, 15) is 22.4 Å². The number of amides is 2. The highest BCUT2D eigenvalue weighted by Crippen LogP contribution is 2.36. The van der Waals surface area contributed by atoms with E-state index in [0.717, 1.165) is 4.31 Å². The second-order valence-corrected chi connectivity index (χ2v) is 11.7. The first kappa shape index (κ1) is 27.3. The summed E-state index contributed by atoms with van der Waals surface area (Å²) >= 11 is 0. The average Bonchev–Trinajstić information content (AvgIpc) is 3.28. The monoisotopic (exact) mass is 521 g/mol. The van der Waals surface area contributed by atoms with Gasteiger partial charge in [-0.25, -0.2) is 12.8 Å². The minimum absolute atomic E-state index is 0.0149. The van der Waals surface area contributed by atoms with Gasteiger partial charge in [-0.05, 0) is 64.4 Å². The molecule has 1 aliphatic heterocycles. The smallest absolute Gasteiger partial charge is 0.244 e. The molecule has 3 rings (SSSR count). The van der Waals surface area contributed by atoms with Crippen molar-refractivity contribution in [2.45, 2.75) is 52.7 Å². The summed E-state index contributed by atoms with van der Waals surface area (Å²) in [5.74, 6) is -0.816. The van der Waals surface area contributed by atoms with Crippen molar-refractivity contribution in [3.8, 4) is 11.5 Å². The van der Waals surface area contributed by atoms with Crippen LogP contribution in [0.1, 0.15) is 40.2 Å². The first-order valence-electron chi connectivity index (χ1n) is 11.6. The molecule has 1 heterocycles. The van der Waals surface area contributed by atoms with Crippen LogP contribution in [-0.4, -0.2) is 55.8 Å². The summed E-state index contributed by atoms with van der Waals surface area (Å²) in [4.78, 5) is 27.9. The maximum atomic E-state index is 13.6. The topological polar surface area (TPSA) is 105 Å². The lowest BCUT2D eigenvalue weighted by Crippen LogP contribution is -2.54. The van der Waals surface area contributed by atoms with Crippen LogP contribution in [-0.2, 0) is 26.2 Å². The van der Waals surface area contributed by atoms with E-state index in [0.29, 0.717) is 17.1 Å². The van der Waals surface area contributed by atoms with E-state index in [1.807, 2.05) is 20.8 Å². The number of hydrogen-bond acceptors (Lipinski definition) is 6. The predicted molar refractivity (Wildman–Crippen MR) is 134 cm³/mol. The van der Waals surface area contributed by atoms with E-state index >= 15 is 0 Å². The van der Waals surface area contributed by atoms with Crippen LogP contribution >= 0.6 is 0 Å². The maximum Gasteiger partial charge on any atom is 0.244 e. The molecule has 9 nitrogen and oxygen atoms in total. The van der Waals surface area contributed by atoms with Gasteiger partial charge in [0, 0.05) is 18.2 Å². The number of halogens is 1. The number of sulfonamides is 1. The zero-order valence-corrected chi connectivity index (χ0v) is 21.9. The van der Waals surface area contributed by atoms with Gasteiger partial charge in [0.15, 0.2) is 11.5 Å². The highest BCUT2D eigenvalue weighted by Gasteiger charge is 2.32. The van der Waals surface area contributed by atoms with Crippen molar-refractivity contribution in [2.24, 2.45) is 0 Å². The molecule has 1 aliphatic rings. The van der Waals surface area contributed by atoms with Gasteiger partial charge >= 0.3 is 0 Å². The van der Waals surface area contributed by atoms with E-state index in [-0.39, 0.29) is 24.8 Å². The molecule has 0 spiro atoms. The number of rotatable bonds is 9. The minimum Gasteiger partial charge on any atom is -0.454 e. The molecule has 0 saturated heterocycles. The molecular formula is C25H32FN3O6S. The Morgan fingerprint density at radius 2 is 1.72 bits per heavy atom. The molecule has 0 bridgehead atoms. The lowest BCUT2D eigenvalue weighted by atomic mass is 10.1. The molecule has 2 aromatic carbocycles. The van der Waals surface area contributed by atoms with Gasteiger partial charge in [0.2, 0.25) is 28.6 Å². The second kappa shape index (κ2) is 10.7. The van der Waals surface area contributed by atoms with E-state index < -0.39 is 45.8 Å². The number of benzene rings is 2. The number of hydrogen-bond donors (Lipinski definition) is 1. The third-order valence-electron chi connectivity index (χ3n) is 5.56. The SMILES string of the molecule is CCS(=O)(=O)N(CC(=O)N(Cc1ccc(F)cc1)[C@@H](C)C(=O)NC(C)(C)C)c1ccc2c(c1)OCO2. The molecule has 1 atom stereocenters. The summed E-state index contributed by atoms with van der Waals surface area (Å²) in [6.07, 6.45) is 0. The molecule has 0 saturated carbocycles. The van der Waals surface area contributed by atoms with Crippen LogP contribution < -0.4 is 19.1 Å². The number of nitrogens with zero attached hydrogens (tertiary/aromatic N) is 2. The molecule has 0 unspecified atom stereocenters. The molecule has 0 radical (unpaired) electrons. The molecule has 2 aromatic rings. The standard InChI is InChI=1S/C25H32FN3O6S/c1-6-36(32,33)29(20-11-12-21-22(13-20)35-16-34-21)15-23(30)28(14-18-7-9-19(26)10-8-18)17(2)24(31)27-25(3,4)5/h7-13,17H,6,14-16H2,1-5H3,(H,27,31)/t17-/m0/s1. The van der Waals surface area contributed by atoms with E-state index in [1.54, 1.807) is 13.0 Å². The average molecular weight is 522 g/mol. The van der Waals surface area contributed by atoms with Crippen LogP contribution in [0, 0.1) is 5.82 Å². The lowest BCUT2D eigenvalue weighted by Gasteiger charge is -2.33. The van der Waals surface area contributed by atoms with Gasteiger partial charge in [0.05, 0.1) is 11.4 Å². The number of carbonyl (C=O) groups is 2. The van der Waals surface area contributed by atoms with Crippen molar-refractivity contribution < 1.29 is 31.9 Å². The minimum atomic E-state index is -3.87. The van der Waals surface area contributed by atoms with Gasteiger partial charge in [-0.15, -0.1) is 0 Å². The summed E-state index contributed by atoms with van der Waals surface area (Å²) in [5, 5.41) is 2.85. The van der Waals surface area contributed by atoms with Gasteiger partial charge in [0.1, 0.15) is 18.4 Å². The number of carbonyl (C=O) groups excluding carboxylic acids is 2. The Morgan fingerprint density at radius 1 is 1.08 bits per heavy atom. The molecule has 0 aromatic heterocycles. The predicted octanol–water partition coefficient (Wildman–Crippen LogP) is 3.04. The molecule has 0 fully saturated rings. The van der Waals surface area contributed by atoms with Crippen LogP contribution in [0.4, 0.5) is 10.1 Å². The normalized spacial score (nSPS) is 13.7.